The fourth-order valence-corrected chi connectivity index (χ4v) is 2.86. The summed E-state index contributed by atoms with van der Waals surface area (Å²) >= 11 is 7.89. The Morgan fingerprint density at radius 3 is 2.44 bits per heavy atom. The summed E-state index contributed by atoms with van der Waals surface area (Å²) in [5, 5.41) is 10.2. The van der Waals surface area contributed by atoms with Crippen LogP contribution in [0.5, 0.6) is 0 Å². The second kappa shape index (κ2) is 5.79. The van der Waals surface area contributed by atoms with E-state index in [1.165, 1.54) is 10.5 Å². The summed E-state index contributed by atoms with van der Waals surface area (Å²) in [5.41, 5.74) is 2.08. The molecule has 2 aromatic rings. The van der Waals surface area contributed by atoms with Gasteiger partial charge in [0, 0.05) is 9.79 Å². The highest BCUT2D eigenvalue weighted by atomic mass is 35.5. The molecule has 1 N–H and O–H groups in total. The van der Waals surface area contributed by atoms with Gasteiger partial charge in [0.15, 0.2) is 0 Å². The van der Waals surface area contributed by atoms with Crippen molar-refractivity contribution in [2.45, 2.75) is 29.7 Å². The molecular formula is C15H15ClOS. The second-order valence-electron chi connectivity index (χ2n) is 4.23. The zero-order valence-electron chi connectivity index (χ0n) is 10.4. The van der Waals surface area contributed by atoms with Gasteiger partial charge in [-0.2, -0.15) is 0 Å². The van der Waals surface area contributed by atoms with Crippen LogP contribution in [0.15, 0.2) is 52.3 Å². The second-order valence-corrected chi connectivity index (χ2v) is 5.72. The van der Waals surface area contributed by atoms with Crippen molar-refractivity contribution in [3.63, 3.8) is 0 Å². The van der Waals surface area contributed by atoms with E-state index in [9.17, 15) is 5.11 Å². The van der Waals surface area contributed by atoms with Crippen molar-refractivity contribution >= 4 is 23.4 Å². The zero-order valence-corrected chi connectivity index (χ0v) is 11.9. The normalized spacial score (nSPS) is 12.4. The van der Waals surface area contributed by atoms with Gasteiger partial charge in [0.25, 0.3) is 0 Å². The van der Waals surface area contributed by atoms with E-state index in [1.807, 2.05) is 30.3 Å². The Hall–Kier alpha value is -0.960. The number of halogens is 1. The van der Waals surface area contributed by atoms with Gasteiger partial charge in [0.05, 0.1) is 11.1 Å². The summed E-state index contributed by atoms with van der Waals surface area (Å²) < 4.78 is 0. The van der Waals surface area contributed by atoms with E-state index in [1.54, 1.807) is 18.7 Å². The maximum Gasteiger partial charge on any atom is 0.0762 e. The topological polar surface area (TPSA) is 20.2 Å². The molecule has 0 aliphatic rings. The van der Waals surface area contributed by atoms with Crippen molar-refractivity contribution < 1.29 is 5.11 Å². The summed E-state index contributed by atoms with van der Waals surface area (Å²) in [6, 6.07) is 13.9. The molecule has 0 unspecified atom stereocenters. The summed E-state index contributed by atoms with van der Waals surface area (Å²) in [7, 11) is 0. The van der Waals surface area contributed by atoms with Gasteiger partial charge in [-0.15, -0.1) is 0 Å². The summed E-state index contributed by atoms with van der Waals surface area (Å²) in [4.78, 5) is 2.21. The van der Waals surface area contributed by atoms with E-state index in [0.717, 1.165) is 10.5 Å². The smallest absolute Gasteiger partial charge is 0.0762 e. The van der Waals surface area contributed by atoms with Crippen LogP contribution in [0, 0.1) is 6.92 Å². The monoisotopic (exact) mass is 278 g/mol. The maximum absolute atomic E-state index is 9.51. The van der Waals surface area contributed by atoms with Gasteiger partial charge in [-0.25, -0.2) is 0 Å². The minimum absolute atomic E-state index is 0.486. The molecule has 0 aromatic heterocycles. The lowest BCUT2D eigenvalue weighted by Crippen LogP contribution is -1.91. The summed E-state index contributed by atoms with van der Waals surface area (Å²) in [5.74, 6) is 0. The Kier molecular flexibility index (Phi) is 4.33. The van der Waals surface area contributed by atoms with Gasteiger partial charge in [0.1, 0.15) is 0 Å². The molecule has 0 aliphatic heterocycles. The van der Waals surface area contributed by atoms with Gasteiger partial charge in [0.2, 0.25) is 0 Å². The standard InChI is InChI=1S/C15H15ClOS/c1-10-5-3-4-6-14(10)18-15-8-7-12(11(2)17)9-13(15)16/h3-9,11,17H,1-2H3/t11-/m0/s1. The highest BCUT2D eigenvalue weighted by molar-refractivity contribution is 7.99. The van der Waals surface area contributed by atoms with Gasteiger partial charge in [-0.3, -0.25) is 0 Å². The number of hydrogen-bond acceptors (Lipinski definition) is 2. The van der Waals surface area contributed by atoms with Crippen LogP contribution in [-0.4, -0.2) is 5.11 Å². The zero-order chi connectivity index (χ0) is 13.1. The molecule has 0 spiro atoms. The molecule has 3 heteroatoms. The number of hydrogen-bond donors (Lipinski definition) is 1. The minimum Gasteiger partial charge on any atom is -0.389 e. The van der Waals surface area contributed by atoms with E-state index in [2.05, 4.69) is 19.1 Å². The predicted octanol–water partition coefficient (Wildman–Crippen LogP) is 4.85. The van der Waals surface area contributed by atoms with Crippen molar-refractivity contribution in [3.8, 4) is 0 Å². The van der Waals surface area contributed by atoms with Crippen LogP contribution in [0.25, 0.3) is 0 Å². The third kappa shape index (κ3) is 3.08. The maximum atomic E-state index is 9.51. The first-order valence-electron chi connectivity index (χ1n) is 5.79. The number of aliphatic hydroxyl groups is 1. The van der Waals surface area contributed by atoms with E-state index in [-0.39, 0.29) is 0 Å². The number of rotatable bonds is 3. The van der Waals surface area contributed by atoms with Crippen molar-refractivity contribution in [2.75, 3.05) is 0 Å². The third-order valence-electron chi connectivity index (χ3n) is 2.75. The predicted molar refractivity (Wildman–Crippen MR) is 77.4 cm³/mol. The van der Waals surface area contributed by atoms with Crippen LogP contribution in [-0.2, 0) is 0 Å². The van der Waals surface area contributed by atoms with E-state index in [0.29, 0.717) is 5.02 Å². The molecule has 0 fully saturated rings. The lowest BCUT2D eigenvalue weighted by molar-refractivity contribution is 0.199. The first-order chi connectivity index (χ1) is 8.58. The minimum atomic E-state index is -0.486. The molecule has 1 atom stereocenters. The van der Waals surface area contributed by atoms with E-state index >= 15 is 0 Å². The molecular weight excluding hydrogens is 264 g/mol. The average Bonchev–Trinajstić information content (AvgIpc) is 2.34. The van der Waals surface area contributed by atoms with Gasteiger partial charge in [-0.1, -0.05) is 47.6 Å². The third-order valence-corrected chi connectivity index (χ3v) is 4.43. The molecule has 0 heterocycles. The van der Waals surface area contributed by atoms with Crippen LogP contribution in [0.4, 0.5) is 0 Å². The molecule has 2 rings (SSSR count). The van der Waals surface area contributed by atoms with Crippen molar-refractivity contribution in [2.24, 2.45) is 0 Å². The SMILES string of the molecule is Cc1ccccc1Sc1ccc([C@H](C)O)cc1Cl. The molecule has 1 nitrogen and oxygen atoms in total. The first-order valence-corrected chi connectivity index (χ1v) is 6.98. The van der Waals surface area contributed by atoms with E-state index < -0.39 is 6.10 Å². The average molecular weight is 279 g/mol. The molecule has 0 bridgehead atoms. The van der Waals surface area contributed by atoms with Crippen LogP contribution < -0.4 is 0 Å². The largest absolute Gasteiger partial charge is 0.389 e. The fourth-order valence-electron chi connectivity index (χ4n) is 1.65. The van der Waals surface area contributed by atoms with Gasteiger partial charge in [-0.05, 0) is 43.2 Å². The molecule has 18 heavy (non-hydrogen) atoms. The van der Waals surface area contributed by atoms with Crippen molar-refractivity contribution in [3.05, 3.63) is 58.6 Å². The van der Waals surface area contributed by atoms with Gasteiger partial charge >= 0.3 is 0 Å². The Bertz CT molecular complexity index is 552. The lowest BCUT2D eigenvalue weighted by atomic mass is 10.1. The Balaban J connectivity index is 2.28. The highest BCUT2D eigenvalue weighted by Crippen LogP contribution is 2.36. The summed E-state index contributed by atoms with van der Waals surface area (Å²) in [6.07, 6.45) is -0.486. The number of aliphatic hydroxyl groups excluding tert-OH is 1. The van der Waals surface area contributed by atoms with E-state index in [4.69, 9.17) is 11.6 Å². The first kappa shape index (κ1) is 13.5. The molecule has 0 amide bonds. The summed E-state index contributed by atoms with van der Waals surface area (Å²) in [6.45, 7) is 3.82. The van der Waals surface area contributed by atoms with Crippen LogP contribution in [0.1, 0.15) is 24.2 Å². The molecule has 0 aliphatic carbocycles. The van der Waals surface area contributed by atoms with Crippen molar-refractivity contribution in [1.29, 1.82) is 0 Å². The lowest BCUT2D eigenvalue weighted by Gasteiger charge is -2.10. The number of aryl methyl sites for hydroxylation is 1. The molecule has 2 aromatic carbocycles. The van der Waals surface area contributed by atoms with Crippen LogP contribution in [0.2, 0.25) is 5.02 Å². The van der Waals surface area contributed by atoms with Crippen LogP contribution in [0.3, 0.4) is 0 Å². The molecule has 0 saturated carbocycles. The molecule has 94 valence electrons. The Morgan fingerprint density at radius 2 is 1.83 bits per heavy atom. The van der Waals surface area contributed by atoms with Crippen LogP contribution >= 0.6 is 23.4 Å². The van der Waals surface area contributed by atoms with Gasteiger partial charge < -0.3 is 5.11 Å². The highest BCUT2D eigenvalue weighted by Gasteiger charge is 2.08. The Morgan fingerprint density at radius 1 is 1.11 bits per heavy atom. The molecule has 0 radical (unpaired) electrons. The number of benzene rings is 2. The molecule has 0 saturated heterocycles. The quantitative estimate of drug-likeness (QED) is 0.866. The fraction of sp³-hybridized carbons (Fsp3) is 0.200. The van der Waals surface area contributed by atoms with Crippen molar-refractivity contribution in [1.82, 2.24) is 0 Å². The Labute approximate surface area is 117 Å².